The second-order valence-electron chi connectivity index (χ2n) is 6.17. The Hall–Kier alpha value is -2.51. The largest absolute Gasteiger partial charge is 0.417 e. The van der Waals surface area contributed by atoms with Gasteiger partial charge in [0.05, 0.1) is 21.8 Å². The molecule has 3 rings (SSSR count). The summed E-state index contributed by atoms with van der Waals surface area (Å²) in [7, 11) is 3.19. The minimum Gasteiger partial charge on any atom is -0.345 e. The molecule has 0 saturated carbocycles. The minimum absolute atomic E-state index is 0.0388. The number of hydrogen-bond donors (Lipinski definition) is 1. The number of aromatic nitrogens is 1. The van der Waals surface area contributed by atoms with E-state index in [0.717, 1.165) is 6.07 Å². The number of benzene rings is 2. The van der Waals surface area contributed by atoms with Crippen LogP contribution in [0.5, 0.6) is 0 Å². The predicted molar refractivity (Wildman–Crippen MR) is 105 cm³/mol. The third-order valence-electron chi connectivity index (χ3n) is 4.05. The predicted octanol–water partition coefficient (Wildman–Crippen LogP) is 6.01. The molecule has 0 aliphatic heterocycles. The molecule has 0 aliphatic carbocycles. The normalized spacial score (nSPS) is 11.5. The van der Waals surface area contributed by atoms with Crippen molar-refractivity contribution in [1.82, 2.24) is 9.88 Å². The van der Waals surface area contributed by atoms with E-state index in [1.165, 1.54) is 23.2 Å². The Bertz CT molecular complexity index is 1070. The number of alkyl halides is 3. The summed E-state index contributed by atoms with van der Waals surface area (Å²) in [4.78, 5) is 18.1. The first-order valence-electron chi connectivity index (χ1n) is 8.03. The van der Waals surface area contributed by atoms with Gasteiger partial charge >= 0.3 is 6.18 Å². The topological polar surface area (TPSA) is 45.2 Å². The number of halogens is 5. The van der Waals surface area contributed by atoms with Gasteiger partial charge in [0.1, 0.15) is 5.82 Å². The minimum atomic E-state index is -4.59. The Morgan fingerprint density at radius 1 is 1.11 bits per heavy atom. The summed E-state index contributed by atoms with van der Waals surface area (Å²) < 4.78 is 39.3. The molecule has 0 unspecified atom stereocenters. The summed E-state index contributed by atoms with van der Waals surface area (Å²) in [5.41, 5.74) is -0.635. The second-order valence-corrected chi connectivity index (χ2v) is 6.96. The monoisotopic (exact) mass is 427 g/mol. The Kier molecular flexibility index (Phi) is 5.41. The maximum atomic E-state index is 13.1. The molecule has 0 saturated heterocycles. The molecule has 2 aromatic carbocycles. The van der Waals surface area contributed by atoms with E-state index in [1.54, 1.807) is 32.3 Å². The van der Waals surface area contributed by atoms with E-state index >= 15 is 0 Å². The lowest BCUT2D eigenvalue weighted by Crippen LogP contribution is -2.22. The Morgan fingerprint density at radius 3 is 2.43 bits per heavy atom. The Balaban J connectivity index is 2.16. The van der Waals surface area contributed by atoms with E-state index in [-0.39, 0.29) is 23.0 Å². The van der Waals surface area contributed by atoms with Crippen molar-refractivity contribution in [3.05, 3.63) is 63.8 Å². The summed E-state index contributed by atoms with van der Waals surface area (Å²) in [5, 5.41) is 3.60. The Labute approximate surface area is 168 Å². The van der Waals surface area contributed by atoms with E-state index in [0.29, 0.717) is 15.8 Å². The zero-order valence-electron chi connectivity index (χ0n) is 14.7. The number of carbonyl (C=O) groups excluding carboxylic acids is 1. The van der Waals surface area contributed by atoms with Crippen LogP contribution in [0.25, 0.3) is 10.8 Å². The molecule has 0 aliphatic rings. The lowest BCUT2D eigenvalue weighted by Gasteiger charge is -2.17. The summed E-state index contributed by atoms with van der Waals surface area (Å²) in [6.45, 7) is 0. The van der Waals surface area contributed by atoms with Gasteiger partial charge in [0.2, 0.25) is 0 Å². The van der Waals surface area contributed by atoms with Crippen LogP contribution in [0.1, 0.15) is 15.9 Å². The van der Waals surface area contributed by atoms with Crippen molar-refractivity contribution in [1.29, 1.82) is 0 Å². The number of nitrogens with zero attached hydrogens (tertiary/aromatic N) is 2. The van der Waals surface area contributed by atoms with Crippen LogP contribution in [0, 0.1) is 0 Å². The van der Waals surface area contributed by atoms with Crippen molar-refractivity contribution in [2.75, 3.05) is 19.4 Å². The maximum absolute atomic E-state index is 13.1. The van der Waals surface area contributed by atoms with Crippen molar-refractivity contribution in [3.8, 4) is 0 Å². The van der Waals surface area contributed by atoms with Gasteiger partial charge in [-0.1, -0.05) is 41.4 Å². The molecule has 0 spiro atoms. The molecule has 146 valence electrons. The zero-order valence-corrected chi connectivity index (χ0v) is 16.2. The van der Waals surface area contributed by atoms with E-state index in [9.17, 15) is 18.0 Å². The molecule has 0 radical (unpaired) electrons. The van der Waals surface area contributed by atoms with Crippen LogP contribution in [-0.2, 0) is 6.18 Å². The van der Waals surface area contributed by atoms with Gasteiger partial charge in [-0.15, -0.1) is 0 Å². The van der Waals surface area contributed by atoms with E-state index in [4.69, 9.17) is 23.2 Å². The molecule has 4 nitrogen and oxygen atoms in total. The van der Waals surface area contributed by atoms with Crippen LogP contribution < -0.4 is 5.32 Å². The average Bonchev–Trinajstić information content (AvgIpc) is 2.62. The highest BCUT2D eigenvalue weighted by atomic mass is 35.5. The first-order valence-corrected chi connectivity index (χ1v) is 8.78. The highest BCUT2D eigenvalue weighted by molar-refractivity contribution is 6.37. The fraction of sp³-hybridized carbons (Fsp3) is 0.158. The molecule has 28 heavy (non-hydrogen) atoms. The van der Waals surface area contributed by atoms with Crippen molar-refractivity contribution < 1.29 is 18.0 Å². The molecular formula is C19H14Cl2F3N3O. The zero-order chi connectivity index (χ0) is 20.6. The van der Waals surface area contributed by atoms with Crippen LogP contribution in [-0.4, -0.2) is 29.9 Å². The van der Waals surface area contributed by atoms with E-state index < -0.39 is 16.8 Å². The number of nitrogens with one attached hydrogen (secondary N) is 1. The number of fused-ring (bicyclic) bond motifs is 1. The van der Waals surface area contributed by atoms with Crippen molar-refractivity contribution in [2.45, 2.75) is 6.18 Å². The second kappa shape index (κ2) is 7.48. The van der Waals surface area contributed by atoms with Crippen molar-refractivity contribution >= 4 is 51.4 Å². The molecule has 1 amide bonds. The van der Waals surface area contributed by atoms with Gasteiger partial charge in [0, 0.05) is 36.1 Å². The van der Waals surface area contributed by atoms with Crippen LogP contribution in [0.2, 0.25) is 10.0 Å². The number of carbonyl (C=O) groups is 1. The molecule has 9 heteroatoms. The fourth-order valence-corrected chi connectivity index (χ4v) is 3.29. The third kappa shape index (κ3) is 3.72. The third-order valence-corrected chi connectivity index (χ3v) is 4.78. The maximum Gasteiger partial charge on any atom is 0.417 e. The first kappa shape index (κ1) is 20.2. The van der Waals surface area contributed by atoms with Gasteiger partial charge in [0.25, 0.3) is 5.91 Å². The molecule has 1 N–H and O–H groups in total. The highest BCUT2D eigenvalue weighted by Gasteiger charge is 2.34. The molecule has 1 heterocycles. The lowest BCUT2D eigenvalue weighted by molar-refractivity contribution is -0.137. The fourth-order valence-electron chi connectivity index (χ4n) is 2.74. The average molecular weight is 428 g/mol. The molecule has 0 atom stereocenters. The SMILES string of the molecule is CN(C)C(=O)c1cnc(Nc2cccc(C(F)(F)F)c2Cl)c2cccc(Cl)c12. The molecule has 3 aromatic rings. The molecule has 0 bridgehead atoms. The van der Waals surface area contributed by atoms with Gasteiger partial charge in [0.15, 0.2) is 0 Å². The number of anilines is 2. The first-order chi connectivity index (χ1) is 13.1. The van der Waals surface area contributed by atoms with Crippen LogP contribution >= 0.6 is 23.2 Å². The van der Waals surface area contributed by atoms with Crippen LogP contribution in [0.4, 0.5) is 24.7 Å². The van der Waals surface area contributed by atoms with Crippen LogP contribution in [0.3, 0.4) is 0 Å². The van der Waals surface area contributed by atoms with E-state index in [2.05, 4.69) is 10.3 Å². The summed E-state index contributed by atoms with van der Waals surface area (Å²) >= 11 is 12.3. The number of hydrogen-bond acceptors (Lipinski definition) is 3. The van der Waals surface area contributed by atoms with Crippen LogP contribution in [0.15, 0.2) is 42.6 Å². The summed E-state index contributed by atoms with van der Waals surface area (Å²) in [5.74, 6) is -0.0664. The molecule has 0 fully saturated rings. The van der Waals surface area contributed by atoms with Gasteiger partial charge < -0.3 is 10.2 Å². The van der Waals surface area contributed by atoms with Crippen molar-refractivity contribution in [2.24, 2.45) is 0 Å². The molecule has 1 aromatic heterocycles. The quantitative estimate of drug-likeness (QED) is 0.556. The van der Waals surface area contributed by atoms with Gasteiger partial charge in [-0.25, -0.2) is 4.98 Å². The molecular weight excluding hydrogens is 414 g/mol. The smallest absolute Gasteiger partial charge is 0.345 e. The van der Waals surface area contributed by atoms with Gasteiger partial charge in [-0.05, 0) is 18.2 Å². The Morgan fingerprint density at radius 2 is 1.79 bits per heavy atom. The number of rotatable bonds is 3. The van der Waals surface area contributed by atoms with E-state index in [1.807, 2.05) is 0 Å². The summed E-state index contributed by atoms with van der Waals surface area (Å²) in [6, 6.07) is 8.51. The highest BCUT2D eigenvalue weighted by Crippen LogP contribution is 2.40. The lowest BCUT2D eigenvalue weighted by atomic mass is 10.1. The number of amides is 1. The standard InChI is InChI=1S/C19H14Cl2F3N3O/c1-27(2)18(28)11-9-25-17(10-5-3-7-13(20)15(10)11)26-14-8-4-6-12(16(14)21)19(22,23)24/h3-9H,1-2H3,(H,25,26). The van der Waals surface area contributed by atoms with Crippen molar-refractivity contribution in [3.63, 3.8) is 0 Å². The van der Waals surface area contributed by atoms with Gasteiger partial charge in [-0.3, -0.25) is 4.79 Å². The number of pyridine rings is 1. The summed E-state index contributed by atoms with van der Waals surface area (Å²) in [6.07, 6.45) is -3.25. The van der Waals surface area contributed by atoms with Gasteiger partial charge in [-0.2, -0.15) is 13.2 Å².